The van der Waals surface area contributed by atoms with E-state index in [0.717, 1.165) is 24.9 Å². The van der Waals surface area contributed by atoms with Crippen LogP contribution < -0.4 is 27.0 Å². The summed E-state index contributed by atoms with van der Waals surface area (Å²) in [5.41, 5.74) is 6.74. The van der Waals surface area contributed by atoms with Crippen molar-refractivity contribution < 1.29 is 0 Å². The monoisotopic (exact) mass is 141 g/mol. The van der Waals surface area contributed by atoms with E-state index in [-0.39, 0.29) is 6.17 Å². The third-order valence-corrected chi connectivity index (χ3v) is 1.71. The molecular weight excluding hydrogens is 130 g/mol. The van der Waals surface area contributed by atoms with E-state index >= 15 is 0 Å². The molecule has 10 heavy (non-hydrogen) atoms. The molecule has 0 radical (unpaired) electrons. The summed E-state index contributed by atoms with van der Waals surface area (Å²) >= 11 is 0. The first-order valence-corrected chi connectivity index (χ1v) is 3.32. The van der Waals surface area contributed by atoms with Gasteiger partial charge in [0, 0.05) is 0 Å². The lowest BCUT2D eigenvalue weighted by Gasteiger charge is -2.22. The Kier molecular flexibility index (Phi) is 1.18. The average molecular weight is 141 g/mol. The molecule has 0 spiro atoms. The Balaban J connectivity index is 2.22. The lowest BCUT2D eigenvalue weighted by molar-refractivity contribution is 0.501. The van der Waals surface area contributed by atoms with Crippen molar-refractivity contribution in [2.45, 2.75) is 6.17 Å². The Hall–Kier alpha value is -0.940. The predicted molar refractivity (Wildman–Crippen MR) is 37.3 cm³/mol. The summed E-state index contributed by atoms with van der Waals surface area (Å²) in [6.45, 7) is 1.50. The van der Waals surface area contributed by atoms with Crippen LogP contribution in [0, 0.1) is 0 Å². The minimum atomic E-state index is -0.0498. The van der Waals surface area contributed by atoms with Gasteiger partial charge in [0.2, 0.25) is 0 Å². The predicted octanol–water partition coefficient (Wildman–Crippen LogP) is -2.26. The summed E-state index contributed by atoms with van der Waals surface area (Å²) in [5.74, 6) is 1.03. The van der Waals surface area contributed by atoms with Crippen molar-refractivity contribution in [3.8, 4) is 0 Å². The van der Waals surface area contributed by atoms with Crippen LogP contribution in [-0.4, -0.2) is 19.5 Å². The van der Waals surface area contributed by atoms with Gasteiger partial charge in [0.05, 0.1) is 19.0 Å². The molecule has 2 aliphatic rings. The average Bonchev–Trinajstić information content (AvgIpc) is 2.36. The highest BCUT2D eigenvalue weighted by molar-refractivity contribution is 5.20. The van der Waals surface area contributed by atoms with Gasteiger partial charge >= 0.3 is 0 Å². The Morgan fingerprint density at radius 2 is 2.00 bits per heavy atom. The van der Waals surface area contributed by atoms with Crippen molar-refractivity contribution in [3.63, 3.8) is 0 Å². The van der Waals surface area contributed by atoms with Crippen LogP contribution in [0.3, 0.4) is 0 Å². The Labute approximate surface area is 59.0 Å². The molecule has 0 aromatic heterocycles. The highest BCUT2D eigenvalue weighted by Gasteiger charge is 2.22. The molecule has 56 valence electrons. The van der Waals surface area contributed by atoms with E-state index in [4.69, 9.17) is 5.73 Å². The Bertz CT molecular complexity index is 175. The van der Waals surface area contributed by atoms with E-state index in [2.05, 4.69) is 21.3 Å². The molecular formula is C5H11N5. The fraction of sp³-hybridized carbons (Fsp3) is 0.600. The highest BCUT2D eigenvalue weighted by Crippen LogP contribution is 2.04. The lowest BCUT2D eigenvalue weighted by atomic mass is 10.3. The minimum absolute atomic E-state index is 0.0498. The summed E-state index contributed by atoms with van der Waals surface area (Å²) in [7, 11) is 0. The molecule has 0 aromatic carbocycles. The van der Waals surface area contributed by atoms with Crippen LogP contribution in [-0.2, 0) is 0 Å². The maximum atomic E-state index is 5.71. The molecule has 2 aliphatic heterocycles. The van der Waals surface area contributed by atoms with E-state index < -0.39 is 0 Å². The SMILES string of the molecule is NC1NCNC2=C1NCN2. The van der Waals surface area contributed by atoms with Crippen molar-refractivity contribution >= 4 is 0 Å². The normalized spacial score (nSPS) is 30.3. The second-order valence-electron chi connectivity index (χ2n) is 2.35. The molecule has 6 N–H and O–H groups in total. The van der Waals surface area contributed by atoms with Crippen LogP contribution in [0.2, 0.25) is 0 Å². The molecule has 1 atom stereocenters. The van der Waals surface area contributed by atoms with Crippen molar-refractivity contribution in [1.82, 2.24) is 21.3 Å². The van der Waals surface area contributed by atoms with Gasteiger partial charge in [-0.25, -0.2) is 0 Å². The molecule has 0 amide bonds. The zero-order chi connectivity index (χ0) is 6.97. The maximum Gasteiger partial charge on any atom is 0.124 e. The fourth-order valence-electron chi connectivity index (χ4n) is 1.19. The second-order valence-corrected chi connectivity index (χ2v) is 2.35. The molecule has 0 saturated heterocycles. The number of hydrogen-bond donors (Lipinski definition) is 5. The molecule has 2 heterocycles. The smallest absolute Gasteiger partial charge is 0.124 e. The fourth-order valence-corrected chi connectivity index (χ4v) is 1.19. The van der Waals surface area contributed by atoms with Crippen LogP contribution in [0.1, 0.15) is 0 Å². The third-order valence-electron chi connectivity index (χ3n) is 1.71. The van der Waals surface area contributed by atoms with E-state index in [1.165, 1.54) is 0 Å². The summed E-state index contributed by atoms with van der Waals surface area (Å²) in [6, 6.07) is 0. The first kappa shape index (κ1) is 5.82. The van der Waals surface area contributed by atoms with Gasteiger partial charge in [-0.3, -0.25) is 5.32 Å². The van der Waals surface area contributed by atoms with Gasteiger partial charge in [0.25, 0.3) is 0 Å². The van der Waals surface area contributed by atoms with Gasteiger partial charge < -0.3 is 21.7 Å². The van der Waals surface area contributed by atoms with Crippen LogP contribution in [0.4, 0.5) is 0 Å². The molecule has 2 rings (SSSR count). The minimum Gasteiger partial charge on any atom is -0.366 e. The van der Waals surface area contributed by atoms with Gasteiger partial charge in [-0.05, 0) is 0 Å². The standard InChI is InChI=1S/C5H11N5/c6-4-3-5(9-1-7-3)10-2-8-4/h4,7-10H,1-2,6H2. The molecule has 0 saturated carbocycles. The third kappa shape index (κ3) is 0.714. The van der Waals surface area contributed by atoms with E-state index in [0.29, 0.717) is 0 Å². The Morgan fingerprint density at radius 1 is 1.20 bits per heavy atom. The lowest BCUT2D eigenvalue weighted by Crippen LogP contribution is -2.51. The summed E-state index contributed by atoms with van der Waals surface area (Å²) in [5, 5.41) is 12.4. The molecule has 5 nitrogen and oxygen atoms in total. The van der Waals surface area contributed by atoms with Crippen molar-refractivity contribution in [1.29, 1.82) is 0 Å². The van der Waals surface area contributed by atoms with Crippen molar-refractivity contribution in [2.75, 3.05) is 13.3 Å². The number of hydrogen-bond acceptors (Lipinski definition) is 5. The summed E-state index contributed by atoms with van der Waals surface area (Å²) < 4.78 is 0. The largest absolute Gasteiger partial charge is 0.366 e. The van der Waals surface area contributed by atoms with Crippen molar-refractivity contribution in [3.05, 3.63) is 11.5 Å². The van der Waals surface area contributed by atoms with Crippen LogP contribution in [0.15, 0.2) is 11.5 Å². The van der Waals surface area contributed by atoms with Crippen LogP contribution in [0.25, 0.3) is 0 Å². The van der Waals surface area contributed by atoms with E-state index in [1.54, 1.807) is 0 Å². The van der Waals surface area contributed by atoms with Gasteiger partial charge in [-0.15, -0.1) is 0 Å². The van der Waals surface area contributed by atoms with Gasteiger partial charge in [0.1, 0.15) is 12.0 Å². The summed E-state index contributed by atoms with van der Waals surface area (Å²) in [6.07, 6.45) is -0.0498. The molecule has 0 aromatic rings. The number of nitrogens with two attached hydrogens (primary N) is 1. The van der Waals surface area contributed by atoms with E-state index in [1.807, 2.05) is 0 Å². The highest BCUT2D eigenvalue weighted by atomic mass is 15.3. The van der Waals surface area contributed by atoms with Gasteiger partial charge in [-0.1, -0.05) is 0 Å². The summed E-state index contributed by atoms with van der Waals surface area (Å²) in [4.78, 5) is 0. The molecule has 0 fully saturated rings. The van der Waals surface area contributed by atoms with Crippen molar-refractivity contribution in [2.24, 2.45) is 5.73 Å². The van der Waals surface area contributed by atoms with Crippen LogP contribution >= 0.6 is 0 Å². The molecule has 5 heteroatoms. The molecule has 0 aliphatic carbocycles. The zero-order valence-electron chi connectivity index (χ0n) is 5.57. The first-order chi connectivity index (χ1) is 4.88. The molecule has 1 unspecified atom stereocenters. The van der Waals surface area contributed by atoms with Gasteiger partial charge in [0.15, 0.2) is 0 Å². The van der Waals surface area contributed by atoms with Crippen LogP contribution in [0.5, 0.6) is 0 Å². The second kappa shape index (κ2) is 2.03. The topological polar surface area (TPSA) is 74.1 Å². The number of nitrogens with one attached hydrogen (secondary N) is 4. The zero-order valence-corrected chi connectivity index (χ0v) is 5.57. The number of rotatable bonds is 0. The molecule has 0 bridgehead atoms. The van der Waals surface area contributed by atoms with E-state index in [9.17, 15) is 0 Å². The first-order valence-electron chi connectivity index (χ1n) is 3.32. The maximum absolute atomic E-state index is 5.71. The Morgan fingerprint density at radius 3 is 2.80 bits per heavy atom. The quantitative estimate of drug-likeness (QED) is 0.263. The van der Waals surface area contributed by atoms with Gasteiger partial charge in [-0.2, -0.15) is 0 Å².